The molecule has 0 aliphatic rings. The summed E-state index contributed by atoms with van der Waals surface area (Å²) >= 11 is 5.90. The zero-order chi connectivity index (χ0) is 18.4. The summed E-state index contributed by atoms with van der Waals surface area (Å²) in [4.78, 5) is 29.5. The summed E-state index contributed by atoms with van der Waals surface area (Å²) in [5.41, 5.74) is 0.353. The maximum Gasteiger partial charge on any atom is 0.332 e. The fourth-order valence-electron chi connectivity index (χ4n) is 2.93. The molecular formula is C17H15ClN4O4. The Labute approximate surface area is 151 Å². The average Bonchev–Trinajstić information content (AvgIpc) is 3.18. The number of aromatic nitrogens is 4. The molecule has 0 saturated heterocycles. The standard InChI is InChI=1S/C17H15ClN4O4/c1-20-14-13(15(24)21(17(20)25)7-2-8-23)22-9-12(26-16(22)19-14)10-3-5-11(18)6-4-10/h3-6,9,23H,2,7-8H2,1H3. The molecule has 9 heteroatoms. The molecule has 1 N–H and O–H groups in total. The van der Waals surface area contributed by atoms with E-state index in [4.69, 9.17) is 21.1 Å². The van der Waals surface area contributed by atoms with Crippen LogP contribution in [0.15, 0.2) is 44.5 Å². The van der Waals surface area contributed by atoms with Gasteiger partial charge in [-0.25, -0.2) is 4.79 Å². The first-order valence-corrected chi connectivity index (χ1v) is 8.37. The van der Waals surface area contributed by atoms with Gasteiger partial charge in [0.25, 0.3) is 5.56 Å². The highest BCUT2D eigenvalue weighted by atomic mass is 35.5. The van der Waals surface area contributed by atoms with Crippen LogP contribution in [0.5, 0.6) is 0 Å². The van der Waals surface area contributed by atoms with Crippen LogP contribution in [0.2, 0.25) is 5.02 Å². The first kappa shape index (κ1) is 16.6. The molecule has 0 atom stereocenters. The molecule has 0 fully saturated rings. The Bertz CT molecular complexity index is 1230. The van der Waals surface area contributed by atoms with Gasteiger partial charge >= 0.3 is 11.5 Å². The summed E-state index contributed by atoms with van der Waals surface area (Å²) < 4.78 is 9.70. The van der Waals surface area contributed by atoms with Crippen LogP contribution in [0, 0.1) is 0 Å². The van der Waals surface area contributed by atoms with Gasteiger partial charge in [-0.15, -0.1) is 0 Å². The highest BCUT2D eigenvalue weighted by Gasteiger charge is 2.19. The molecule has 8 nitrogen and oxygen atoms in total. The average molecular weight is 375 g/mol. The fourth-order valence-corrected chi connectivity index (χ4v) is 3.05. The molecule has 0 unspecified atom stereocenters. The normalized spacial score (nSPS) is 11.7. The maximum atomic E-state index is 12.8. The molecule has 0 saturated carbocycles. The van der Waals surface area contributed by atoms with E-state index in [1.807, 2.05) is 0 Å². The Balaban J connectivity index is 1.97. The SMILES string of the molecule is Cn1c(=O)n(CCCO)c(=O)c2c1nc1oc(-c3ccc(Cl)cc3)cn12. The van der Waals surface area contributed by atoms with Crippen LogP contribution in [0.4, 0.5) is 0 Å². The highest BCUT2D eigenvalue weighted by molar-refractivity contribution is 6.30. The lowest BCUT2D eigenvalue weighted by atomic mass is 10.2. The first-order chi connectivity index (χ1) is 12.5. The molecule has 4 aromatic rings. The molecule has 0 bridgehead atoms. The van der Waals surface area contributed by atoms with E-state index in [1.54, 1.807) is 37.5 Å². The summed E-state index contributed by atoms with van der Waals surface area (Å²) in [7, 11) is 1.55. The number of halogens is 1. The quantitative estimate of drug-likeness (QED) is 0.586. The molecule has 26 heavy (non-hydrogen) atoms. The van der Waals surface area contributed by atoms with E-state index in [9.17, 15) is 9.59 Å². The van der Waals surface area contributed by atoms with Gasteiger partial charge in [-0.3, -0.25) is 18.3 Å². The minimum absolute atomic E-state index is 0.109. The van der Waals surface area contributed by atoms with Crippen molar-refractivity contribution in [2.75, 3.05) is 6.61 Å². The fraction of sp³-hybridized carbons (Fsp3) is 0.235. The Morgan fingerprint density at radius 3 is 2.65 bits per heavy atom. The van der Waals surface area contributed by atoms with E-state index in [1.165, 1.54) is 8.97 Å². The Morgan fingerprint density at radius 1 is 1.23 bits per heavy atom. The lowest BCUT2D eigenvalue weighted by molar-refractivity contribution is 0.277. The monoisotopic (exact) mass is 374 g/mol. The van der Waals surface area contributed by atoms with E-state index in [2.05, 4.69) is 4.98 Å². The second-order valence-corrected chi connectivity index (χ2v) is 6.35. The summed E-state index contributed by atoms with van der Waals surface area (Å²) in [6.45, 7) is 0.0228. The van der Waals surface area contributed by atoms with Crippen LogP contribution in [0.25, 0.3) is 28.3 Å². The smallest absolute Gasteiger partial charge is 0.332 e. The van der Waals surface area contributed by atoms with E-state index >= 15 is 0 Å². The summed E-state index contributed by atoms with van der Waals surface area (Å²) in [6.07, 6.45) is 1.97. The zero-order valence-electron chi connectivity index (χ0n) is 13.8. The molecule has 0 radical (unpaired) electrons. The number of nitrogens with zero attached hydrogens (tertiary/aromatic N) is 4. The van der Waals surface area contributed by atoms with Crippen LogP contribution in [0.3, 0.4) is 0 Å². The van der Waals surface area contributed by atoms with Gasteiger partial charge in [0.05, 0.1) is 6.20 Å². The minimum atomic E-state index is -0.477. The molecular weight excluding hydrogens is 360 g/mol. The molecule has 0 aliphatic carbocycles. The largest absolute Gasteiger partial charge is 0.423 e. The van der Waals surface area contributed by atoms with Crippen LogP contribution in [-0.4, -0.2) is 30.2 Å². The third kappa shape index (κ3) is 2.46. The summed E-state index contributed by atoms with van der Waals surface area (Å²) in [5, 5.41) is 9.62. The molecule has 3 aromatic heterocycles. The third-order valence-corrected chi connectivity index (χ3v) is 4.51. The van der Waals surface area contributed by atoms with Crippen molar-refractivity contribution in [3.8, 4) is 11.3 Å². The van der Waals surface area contributed by atoms with Gasteiger partial charge in [0.2, 0.25) is 0 Å². The van der Waals surface area contributed by atoms with Crippen molar-refractivity contribution in [3.05, 3.63) is 56.3 Å². The molecule has 134 valence electrons. The minimum Gasteiger partial charge on any atom is -0.423 e. The van der Waals surface area contributed by atoms with Gasteiger partial charge in [-0.2, -0.15) is 4.98 Å². The van der Waals surface area contributed by atoms with Gasteiger partial charge < -0.3 is 9.52 Å². The lowest BCUT2D eigenvalue weighted by Crippen LogP contribution is -2.39. The molecule has 0 amide bonds. The highest BCUT2D eigenvalue weighted by Crippen LogP contribution is 2.25. The lowest BCUT2D eigenvalue weighted by Gasteiger charge is -2.06. The molecule has 4 rings (SSSR count). The van der Waals surface area contributed by atoms with Gasteiger partial charge in [0.15, 0.2) is 16.9 Å². The van der Waals surface area contributed by atoms with Gasteiger partial charge in [0, 0.05) is 30.8 Å². The number of fused-ring (bicyclic) bond motifs is 3. The number of hydrogen-bond acceptors (Lipinski definition) is 5. The van der Waals surface area contributed by atoms with Crippen molar-refractivity contribution >= 4 is 28.6 Å². The van der Waals surface area contributed by atoms with Crippen LogP contribution >= 0.6 is 11.6 Å². The maximum absolute atomic E-state index is 12.8. The number of hydrogen-bond donors (Lipinski definition) is 1. The molecule has 0 spiro atoms. The zero-order valence-corrected chi connectivity index (χ0v) is 14.6. The van der Waals surface area contributed by atoms with Crippen molar-refractivity contribution in [2.45, 2.75) is 13.0 Å². The summed E-state index contributed by atoms with van der Waals surface area (Å²) in [5.74, 6) is 0.748. The third-order valence-electron chi connectivity index (χ3n) is 4.26. The first-order valence-electron chi connectivity index (χ1n) is 7.99. The van der Waals surface area contributed by atoms with Crippen LogP contribution in [0.1, 0.15) is 6.42 Å². The number of aliphatic hydroxyl groups is 1. The number of rotatable bonds is 4. The number of oxazole rings is 1. The van der Waals surface area contributed by atoms with E-state index in [0.717, 1.165) is 10.1 Å². The molecule has 3 heterocycles. The number of aliphatic hydroxyl groups excluding tert-OH is 1. The second-order valence-electron chi connectivity index (χ2n) is 5.91. The van der Waals surface area contributed by atoms with Gasteiger partial charge in [-0.1, -0.05) is 11.6 Å². The summed E-state index contributed by atoms with van der Waals surface area (Å²) in [6, 6.07) is 7.09. The van der Waals surface area contributed by atoms with Crippen molar-refractivity contribution in [2.24, 2.45) is 7.05 Å². The Kier molecular flexibility index (Phi) is 3.93. The van der Waals surface area contributed by atoms with Crippen molar-refractivity contribution in [1.29, 1.82) is 0 Å². The molecule has 0 aliphatic heterocycles. The van der Waals surface area contributed by atoms with Crippen molar-refractivity contribution in [1.82, 2.24) is 18.5 Å². The van der Waals surface area contributed by atoms with E-state index < -0.39 is 11.2 Å². The number of benzene rings is 1. The predicted molar refractivity (Wildman–Crippen MR) is 96.6 cm³/mol. The van der Waals surface area contributed by atoms with Gasteiger partial charge in [-0.05, 0) is 30.7 Å². The topological polar surface area (TPSA) is 94.7 Å². The predicted octanol–water partition coefficient (Wildman–Crippen LogP) is 1.64. The number of imidazole rings is 1. The van der Waals surface area contributed by atoms with E-state index in [0.29, 0.717) is 17.2 Å². The van der Waals surface area contributed by atoms with Crippen molar-refractivity contribution in [3.63, 3.8) is 0 Å². The Morgan fingerprint density at radius 2 is 1.96 bits per heavy atom. The van der Waals surface area contributed by atoms with Crippen molar-refractivity contribution < 1.29 is 9.52 Å². The van der Waals surface area contributed by atoms with Crippen LogP contribution < -0.4 is 11.2 Å². The van der Waals surface area contributed by atoms with E-state index in [-0.39, 0.29) is 30.2 Å². The number of aryl methyl sites for hydroxylation is 1. The second kappa shape index (κ2) is 6.15. The van der Waals surface area contributed by atoms with Gasteiger partial charge in [0.1, 0.15) is 0 Å². The Hall–Kier alpha value is -2.84. The molecule has 1 aromatic carbocycles. The van der Waals surface area contributed by atoms with Crippen LogP contribution in [-0.2, 0) is 13.6 Å².